The minimum Gasteiger partial charge on any atom is -0.308 e. The van der Waals surface area contributed by atoms with Crippen LogP contribution in [0.25, 0.3) is 6.08 Å². The Bertz CT molecular complexity index is 886. The van der Waals surface area contributed by atoms with E-state index in [4.69, 9.17) is 0 Å². The average molecular weight is 314 g/mol. The molecule has 0 aliphatic carbocycles. The summed E-state index contributed by atoms with van der Waals surface area (Å²) < 4.78 is 23.6. The highest BCUT2D eigenvalue weighted by Gasteiger charge is 2.21. The summed E-state index contributed by atoms with van der Waals surface area (Å²) in [6.07, 6.45) is 1.54. The van der Waals surface area contributed by atoms with Gasteiger partial charge in [-0.3, -0.25) is 0 Å². The number of hydrogen-bond acceptors (Lipinski definition) is 3. The van der Waals surface area contributed by atoms with E-state index in [1.54, 1.807) is 24.3 Å². The fourth-order valence-electron chi connectivity index (χ4n) is 2.25. The van der Waals surface area contributed by atoms with Gasteiger partial charge in [0.05, 0.1) is 4.90 Å². The van der Waals surface area contributed by atoms with Crippen molar-refractivity contribution in [2.45, 2.75) is 11.8 Å². The smallest absolute Gasteiger partial charge is 0.308 e. The molecular weight excluding hydrogens is 300 g/mol. The molecule has 6 heteroatoms. The number of hydrogen-bond donors (Lipinski definition) is 2. The van der Waals surface area contributed by atoms with Crippen LogP contribution in [0.15, 0.2) is 52.8 Å². The first kappa shape index (κ1) is 14.3. The Labute approximate surface area is 128 Å². The quantitative estimate of drug-likeness (QED) is 0.892. The Balaban J connectivity index is 1.76. The van der Waals surface area contributed by atoms with E-state index in [-0.39, 0.29) is 4.90 Å². The molecule has 3 rings (SSSR count). The van der Waals surface area contributed by atoms with Gasteiger partial charge in [-0.2, -0.15) is 0 Å². The Morgan fingerprint density at radius 1 is 1.00 bits per heavy atom. The molecule has 0 atom stereocenters. The number of sulfone groups is 1. The maximum atomic E-state index is 12.0. The lowest BCUT2D eigenvalue weighted by atomic mass is 10.2. The number of rotatable bonds is 2. The predicted molar refractivity (Wildman–Crippen MR) is 86.5 cm³/mol. The van der Waals surface area contributed by atoms with Gasteiger partial charge in [0.25, 0.3) is 0 Å². The first-order valence-corrected chi connectivity index (χ1v) is 8.21. The van der Waals surface area contributed by atoms with E-state index in [9.17, 15) is 13.2 Å². The zero-order valence-corrected chi connectivity index (χ0v) is 12.6. The molecule has 2 amide bonds. The summed E-state index contributed by atoms with van der Waals surface area (Å²) in [4.78, 5) is 12.2. The second kappa shape index (κ2) is 5.31. The van der Waals surface area contributed by atoms with Gasteiger partial charge in [0, 0.05) is 16.8 Å². The predicted octanol–water partition coefficient (Wildman–Crippen LogP) is 3.40. The number of fused-ring (bicyclic) bond motifs is 1. The molecule has 2 aromatic carbocycles. The number of benzene rings is 2. The van der Waals surface area contributed by atoms with Crippen LogP contribution in [0.2, 0.25) is 0 Å². The van der Waals surface area contributed by atoms with E-state index >= 15 is 0 Å². The van der Waals surface area contributed by atoms with Crippen molar-refractivity contribution >= 4 is 33.3 Å². The number of amides is 2. The maximum Gasteiger partial charge on any atom is 0.323 e. The Morgan fingerprint density at radius 3 is 2.45 bits per heavy atom. The third-order valence-electron chi connectivity index (χ3n) is 3.28. The number of aryl methyl sites for hydroxylation is 1. The summed E-state index contributed by atoms with van der Waals surface area (Å²) in [7, 11) is -3.38. The molecule has 0 unspecified atom stereocenters. The van der Waals surface area contributed by atoms with Crippen molar-refractivity contribution in [3.05, 3.63) is 59.0 Å². The van der Waals surface area contributed by atoms with Crippen LogP contribution in [0.3, 0.4) is 0 Å². The molecule has 22 heavy (non-hydrogen) atoms. The first-order valence-electron chi connectivity index (χ1n) is 6.66. The van der Waals surface area contributed by atoms with Crippen LogP contribution < -0.4 is 10.6 Å². The van der Waals surface area contributed by atoms with E-state index in [2.05, 4.69) is 10.6 Å². The third kappa shape index (κ3) is 2.87. The minimum absolute atomic E-state index is 0.209. The molecule has 1 aliphatic rings. The molecule has 0 saturated heterocycles. The summed E-state index contributed by atoms with van der Waals surface area (Å²) >= 11 is 0. The van der Waals surface area contributed by atoms with Crippen LogP contribution >= 0.6 is 0 Å². The molecule has 1 heterocycles. The normalized spacial score (nSPS) is 14.4. The Hall–Kier alpha value is -2.60. The van der Waals surface area contributed by atoms with Gasteiger partial charge in [0.15, 0.2) is 0 Å². The SMILES string of the molecule is Cc1cccc(NC(=O)Nc2ccc3c(c2)S(=O)(=O)C=C3)c1. The molecular formula is C16H14N2O3S. The lowest BCUT2D eigenvalue weighted by molar-refractivity contribution is 0.262. The summed E-state index contributed by atoms with van der Waals surface area (Å²) in [6.45, 7) is 1.93. The van der Waals surface area contributed by atoms with E-state index in [1.807, 2.05) is 25.1 Å². The van der Waals surface area contributed by atoms with Crippen LogP contribution in [-0.2, 0) is 9.84 Å². The number of urea groups is 1. The molecule has 112 valence electrons. The van der Waals surface area contributed by atoms with Crippen LogP contribution in [-0.4, -0.2) is 14.4 Å². The monoisotopic (exact) mass is 314 g/mol. The topological polar surface area (TPSA) is 75.3 Å². The fraction of sp³-hybridized carbons (Fsp3) is 0.0625. The van der Waals surface area contributed by atoms with Crippen molar-refractivity contribution in [3.63, 3.8) is 0 Å². The van der Waals surface area contributed by atoms with Gasteiger partial charge in [-0.1, -0.05) is 18.2 Å². The van der Waals surface area contributed by atoms with E-state index in [0.717, 1.165) is 11.0 Å². The zero-order chi connectivity index (χ0) is 15.7. The number of anilines is 2. The van der Waals surface area contributed by atoms with Crippen LogP contribution in [0.4, 0.5) is 16.2 Å². The molecule has 0 aromatic heterocycles. The maximum absolute atomic E-state index is 12.0. The summed E-state index contributed by atoms with van der Waals surface area (Å²) in [5.74, 6) is 0. The van der Waals surface area contributed by atoms with Gasteiger partial charge >= 0.3 is 6.03 Å². The van der Waals surface area contributed by atoms with Crippen molar-refractivity contribution in [2.75, 3.05) is 10.6 Å². The highest BCUT2D eigenvalue weighted by Crippen LogP contribution is 2.29. The van der Waals surface area contributed by atoms with Gasteiger partial charge in [-0.15, -0.1) is 0 Å². The molecule has 0 bridgehead atoms. The highest BCUT2D eigenvalue weighted by atomic mass is 32.2. The molecule has 0 radical (unpaired) electrons. The van der Waals surface area contributed by atoms with Crippen molar-refractivity contribution in [3.8, 4) is 0 Å². The lowest BCUT2D eigenvalue weighted by Gasteiger charge is -2.09. The molecule has 2 aromatic rings. The van der Waals surface area contributed by atoms with Crippen molar-refractivity contribution in [2.24, 2.45) is 0 Å². The fourth-order valence-corrected chi connectivity index (χ4v) is 3.48. The van der Waals surface area contributed by atoms with Gasteiger partial charge in [-0.25, -0.2) is 13.2 Å². The van der Waals surface area contributed by atoms with Crippen LogP contribution in [0.5, 0.6) is 0 Å². The lowest BCUT2D eigenvalue weighted by Crippen LogP contribution is -2.19. The van der Waals surface area contributed by atoms with E-state index in [0.29, 0.717) is 16.9 Å². The zero-order valence-electron chi connectivity index (χ0n) is 11.8. The second-order valence-electron chi connectivity index (χ2n) is 5.05. The van der Waals surface area contributed by atoms with Crippen molar-refractivity contribution < 1.29 is 13.2 Å². The molecule has 2 N–H and O–H groups in total. The first-order chi connectivity index (χ1) is 10.4. The highest BCUT2D eigenvalue weighted by molar-refractivity contribution is 7.94. The largest absolute Gasteiger partial charge is 0.323 e. The Morgan fingerprint density at radius 2 is 1.73 bits per heavy atom. The van der Waals surface area contributed by atoms with Crippen molar-refractivity contribution in [1.29, 1.82) is 0 Å². The minimum atomic E-state index is -3.38. The molecule has 1 aliphatic heterocycles. The average Bonchev–Trinajstić information content (AvgIpc) is 2.74. The Kier molecular flexibility index (Phi) is 3.46. The third-order valence-corrected chi connectivity index (χ3v) is 4.74. The molecule has 5 nitrogen and oxygen atoms in total. The van der Waals surface area contributed by atoms with Crippen molar-refractivity contribution in [1.82, 2.24) is 0 Å². The molecule has 0 fully saturated rings. The number of carbonyl (C=O) groups excluding carboxylic acids is 1. The van der Waals surface area contributed by atoms with Crippen LogP contribution in [0.1, 0.15) is 11.1 Å². The summed E-state index contributed by atoms with van der Waals surface area (Å²) in [6, 6.07) is 11.8. The van der Waals surface area contributed by atoms with Gasteiger partial charge in [-0.05, 0) is 48.4 Å². The molecule has 0 spiro atoms. The van der Waals surface area contributed by atoms with Crippen LogP contribution in [0, 0.1) is 6.92 Å². The van der Waals surface area contributed by atoms with Gasteiger partial charge in [0.1, 0.15) is 0 Å². The second-order valence-corrected chi connectivity index (χ2v) is 6.85. The molecule has 0 saturated carbocycles. The van der Waals surface area contributed by atoms with E-state index in [1.165, 1.54) is 6.07 Å². The number of nitrogens with one attached hydrogen (secondary N) is 2. The standard InChI is InChI=1S/C16H14N2O3S/c1-11-3-2-4-13(9-11)17-16(19)18-14-6-5-12-7-8-22(20,21)15(12)10-14/h2-10H,1H3,(H2,17,18,19). The summed E-state index contributed by atoms with van der Waals surface area (Å²) in [5.41, 5.74) is 2.77. The number of carbonyl (C=O) groups is 1. The van der Waals surface area contributed by atoms with Gasteiger partial charge in [0.2, 0.25) is 9.84 Å². The van der Waals surface area contributed by atoms with Gasteiger partial charge < -0.3 is 10.6 Å². The summed E-state index contributed by atoms with van der Waals surface area (Å²) in [5, 5.41) is 6.50. The van der Waals surface area contributed by atoms with E-state index < -0.39 is 15.9 Å².